The lowest BCUT2D eigenvalue weighted by atomic mass is 10.1. The first-order chi connectivity index (χ1) is 17.3. The highest BCUT2D eigenvalue weighted by Gasteiger charge is 2.30. The average Bonchev–Trinajstić information content (AvgIpc) is 2.89. The molecule has 6 nitrogen and oxygen atoms in total. The van der Waals surface area contributed by atoms with Crippen molar-refractivity contribution in [2.45, 2.75) is 25.7 Å². The van der Waals surface area contributed by atoms with Crippen LogP contribution in [-0.2, 0) is 25.7 Å². The van der Waals surface area contributed by atoms with Crippen molar-refractivity contribution in [2.24, 2.45) is 0 Å². The zero-order valence-corrected chi connectivity index (χ0v) is 19.0. The highest BCUT2D eigenvalue weighted by atomic mass is 19.4. The van der Waals surface area contributed by atoms with Gasteiger partial charge in [0.05, 0.1) is 39.8 Å². The predicted octanol–water partition coefficient (Wildman–Crippen LogP) is 4.95. The van der Waals surface area contributed by atoms with Gasteiger partial charge in [-0.2, -0.15) is 18.4 Å². The number of H-pyrrole nitrogens is 1. The molecule has 9 heteroatoms. The lowest BCUT2D eigenvalue weighted by molar-refractivity contribution is -0.137. The number of halogens is 3. The van der Waals surface area contributed by atoms with Crippen LogP contribution in [0.3, 0.4) is 0 Å². The molecule has 4 aromatic rings. The summed E-state index contributed by atoms with van der Waals surface area (Å²) in [6.07, 6.45) is -3.88. The molecule has 36 heavy (non-hydrogen) atoms. The molecule has 0 aliphatic carbocycles. The zero-order valence-electron chi connectivity index (χ0n) is 19.0. The van der Waals surface area contributed by atoms with Crippen LogP contribution in [0.2, 0.25) is 0 Å². The van der Waals surface area contributed by atoms with Crippen molar-refractivity contribution in [3.8, 4) is 28.7 Å². The molecule has 0 fully saturated rings. The summed E-state index contributed by atoms with van der Waals surface area (Å²) in [6.45, 7) is 1.58. The fourth-order valence-electron chi connectivity index (χ4n) is 4.28. The van der Waals surface area contributed by atoms with Gasteiger partial charge in [0.25, 0.3) is 5.56 Å². The predicted molar refractivity (Wildman–Crippen MR) is 128 cm³/mol. The van der Waals surface area contributed by atoms with Crippen molar-refractivity contribution in [1.82, 2.24) is 19.9 Å². The standard InChI is InChI=1S/C27H20F3N5O/c28-27(29,30)20-9-7-18(8-10-20)25-33-24-11-12-35(16-22(24)26(36)34-25)15-21-5-2-6-23(32-21)19-4-1-3-17(13-19)14-31/h1-10,13H,11-12,15-16H2,(H,33,34,36). The minimum Gasteiger partial charge on any atom is -0.306 e. The van der Waals surface area contributed by atoms with Gasteiger partial charge in [-0.05, 0) is 36.4 Å². The Morgan fingerprint density at radius 3 is 2.53 bits per heavy atom. The second-order valence-electron chi connectivity index (χ2n) is 8.58. The van der Waals surface area contributed by atoms with E-state index >= 15 is 0 Å². The van der Waals surface area contributed by atoms with Gasteiger partial charge in [-0.1, -0.05) is 30.3 Å². The fourth-order valence-corrected chi connectivity index (χ4v) is 4.28. The van der Waals surface area contributed by atoms with Crippen LogP contribution in [0.1, 0.15) is 28.1 Å². The van der Waals surface area contributed by atoms with E-state index < -0.39 is 11.7 Å². The normalized spacial score (nSPS) is 13.7. The van der Waals surface area contributed by atoms with Crippen molar-refractivity contribution in [3.63, 3.8) is 0 Å². The molecule has 1 aliphatic heterocycles. The molecule has 0 bridgehead atoms. The molecule has 0 radical (unpaired) electrons. The van der Waals surface area contributed by atoms with Gasteiger partial charge in [0.2, 0.25) is 0 Å². The van der Waals surface area contributed by atoms with E-state index in [1.165, 1.54) is 12.1 Å². The van der Waals surface area contributed by atoms with Crippen LogP contribution in [0.15, 0.2) is 71.5 Å². The number of aromatic amines is 1. The molecule has 0 saturated carbocycles. The van der Waals surface area contributed by atoms with Crippen molar-refractivity contribution in [2.75, 3.05) is 6.54 Å². The topological polar surface area (TPSA) is 85.7 Å². The summed E-state index contributed by atoms with van der Waals surface area (Å²) in [7, 11) is 0. The molecule has 0 spiro atoms. The van der Waals surface area contributed by atoms with E-state index in [2.05, 4.69) is 20.9 Å². The Hall–Kier alpha value is -4.29. The Balaban J connectivity index is 1.34. The molecular formula is C27H20F3N5O. The number of nitrogens with zero attached hydrogens (tertiary/aromatic N) is 4. The molecule has 180 valence electrons. The van der Waals surface area contributed by atoms with Gasteiger partial charge < -0.3 is 4.98 Å². The van der Waals surface area contributed by atoms with Gasteiger partial charge in [0, 0.05) is 37.2 Å². The Morgan fingerprint density at radius 1 is 1.00 bits per heavy atom. The summed E-state index contributed by atoms with van der Waals surface area (Å²) in [4.78, 5) is 26.9. The van der Waals surface area contributed by atoms with Gasteiger partial charge in [0.1, 0.15) is 5.82 Å². The SMILES string of the molecule is N#Cc1cccc(-c2cccc(CN3CCc4nc(-c5ccc(C(F)(F)F)cc5)[nH]c(=O)c4C3)n2)c1. The summed E-state index contributed by atoms with van der Waals surface area (Å²) in [5, 5.41) is 9.15. The Bertz CT molecular complexity index is 1520. The number of nitriles is 1. The first-order valence-electron chi connectivity index (χ1n) is 11.3. The zero-order chi connectivity index (χ0) is 25.3. The molecule has 1 aliphatic rings. The van der Waals surface area contributed by atoms with Crippen LogP contribution >= 0.6 is 0 Å². The minimum absolute atomic E-state index is 0.259. The van der Waals surface area contributed by atoms with E-state index in [0.29, 0.717) is 48.4 Å². The minimum atomic E-state index is -4.42. The molecule has 0 atom stereocenters. The molecule has 3 heterocycles. The number of rotatable bonds is 4. The van der Waals surface area contributed by atoms with Crippen LogP contribution < -0.4 is 5.56 Å². The van der Waals surface area contributed by atoms with Crippen molar-refractivity contribution >= 4 is 0 Å². The van der Waals surface area contributed by atoms with Crippen molar-refractivity contribution < 1.29 is 13.2 Å². The van der Waals surface area contributed by atoms with Crippen molar-refractivity contribution in [3.05, 3.63) is 105 Å². The third kappa shape index (κ3) is 4.90. The molecule has 0 amide bonds. The highest BCUT2D eigenvalue weighted by Crippen LogP contribution is 2.30. The third-order valence-electron chi connectivity index (χ3n) is 6.11. The maximum absolute atomic E-state index is 12.8. The van der Waals surface area contributed by atoms with Crippen LogP contribution in [0.25, 0.3) is 22.6 Å². The molecular weight excluding hydrogens is 467 g/mol. The lowest BCUT2D eigenvalue weighted by Crippen LogP contribution is -2.35. The van der Waals surface area contributed by atoms with E-state index in [9.17, 15) is 18.0 Å². The van der Waals surface area contributed by atoms with Gasteiger partial charge in [-0.15, -0.1) is 0 Å². The molecule has 0 unspecified atom stereocenters. The number of hydrogen-bond donors (Lipinski definition) is 1. The molecule has 2 aromatic heterocycles. The molecule has 5 rings (SSSR count). The first-order valence-corrected chi connectivity index (χ1v) is 11.3. The lowest BCUT2D eigenvalue weighted by Gasteiger charge is -2.27. The Morgan fingerprint density at radius 2 is 1.78 bits per heavy atom. The van der Waals surface area contributed by atoms with Gasteiger partial charge in [-0.3, -0.25) is 14.7 Å². The van der Waals surface area contributed by atoms with E-state index in [1.807, 2.05) is 30.3 Å². The number of benzene rings is 2. The summed E-state index contributed by atoms with van der Waals surface area (Å²) < 4.78 is 38.5. The summed E-state index contributed by atoms with van der Waals surface area (Å²) in [5.74, 6) is 0.259. The number of aromatic nitrogens is 3. The van der Waals surface area contributed by atoms with Crippen LogP contribution in [-0.4, -0.2) is 26.4 Å². The average molecular weight is 487 g/mol. The van der Waals surface area contributed by atoms with Gasteiger partial charge >= 0.3 is 6.18 Å². The quantitative estimate of drug-likeness (QED) is 0.440. The van der Waals surface area contributed by atoms with E-state index in [-0.39, 0.29) is 11.4 Å². The fraction of sp³-hybridized carbons (Fsp3) is 0.185. The van der Waals surface area contributed by atoms with Gasteiger partial charge in [0.15, 0.2) is 0 Å². The van der Waals surface area contributed by atoms with Crippen LogP contribution in [0, 0.1) is 11.3 Å². The number of hydrogen-bond acceptors (Lipinski definition) is 5. The van der Waals surface area contributed by atoms with Crippen LogP contribution in [0.5, 0.6) is 0 Å². The molecule has 1 N–H and O–H groups in total. The monoisotopic (exact) mass is 487 g/mol. The molecule has 0 saturated heterocycles. The second kappa shape index (κ2) is 9.40. The number of fused-ring (bicyclic) bond motifs is 1. The number of pyridine rings is 1. The first kappa shape index (κ1) is 23.5. The Labute approximate surface area is 204 Å². The van der Waals surface area contributed by atoms with Gasteiger partial charge in [-0.25, -0.2) is 4.98 Å². The maximum atomic E-state index is 12.8. The van der Waals surface area contributed by atoms with Crippen LogP contribution in [0.4, 0.5) is 13.2 Å². The number of alkyl halides is 3. The highest BCUT2D eigenvalue weighted by molar-refractivity contribution is 5.61. The molecule has 2 aromatic carbocycles. The smallest absolute Gasteiger partial charge is 0.306 e. The van der Waals surface area contributed by atoms with Crippen molar-refractivity contribution in [1.29, 1.82) is 5.26 Å². The van der Waals surface area contributed by atoms with E-state index in [0.717, 1.165) is 29.1 Å². The maximum Gasteiger partial charge on any atom is 0.416 e. The summed E-state index contributed by atoms with van der Waals surface area (Å²) in [5.41, 5.74) is 3.60. The third-order valence-corrected chi connectivity index (χ3v) is 6.11. The summed E-state index contributed by atoms with van der Waals surface area (Å²) >= 11 is 0. The van der Waals surface area contributed by atoms with E-state index in [1.54, 1.807) is 12.1 Å². The Kier molecular flexibility index (Phi) is 6.12. The summed E-state index contributed by atoms with van der Waals surface area (Å²) in [6, 6.07) is 19.7. The second-order valence-corrected chi connectivity index (χ2v) is 8.58. The number of nitrogens with one attached hydrogen (secondary N) is 1. The largest absolute Gasteiger partial charge is 0.416 e. The van der Waals surface area contributed by atoms with E-state index in [4.69, 9.17) is 10.2 Å².